The second-order valence-electron chi connectivity index (χ2n) is 8.15. The van der Waals surface area contributed by atoms with Crippen molar-refractivity contribution in [3.63, 3.8) is 0 Å². The van der Waals surface area contributed by atoms with Gasteiger partial charge in [-0.15, -0.1) is 0 Å². The monoisotopic (exact) mass is 464 g/mol. The van der Waals surface area contributed by atoms with Crippen molar-refractivity contribution in [2.75, 3.05) is 13.7 Å². The van der Waals surface area contributed by atoms with E-state index in [1.54, 1.807) is 12.1 Å². The SMILES string of the molecule is COc1ccc(S(=O)(=O)N(CC(=O)N[C@@H]2CCCc3ccccc32)Cc2ccccc2)cc1. The Hall–Kier alpha value is -3.16. The van der Waals surface area contributed by atoms with Crippen LogP contribution in [0, 0.1) is 0 Å². The van der Waals surface area contributed by atoms with Crippen molar-refractivity contribution in [1.82, 2.24) is 9.62 Å². The van der Waals surface area contributed by atoms with E-state index in [0.717, 1.165) is 30.4 Å². The van der Waals surface area contributed by atoms with Gasteiger partial charge in [-0.3, -0.25) is 4.79 Å². The molecule has 0 bridgehead atoms. The fourth-order valence-corrected chi connectivity index (χ4v) is 5.60. The number of aryl methyl sites for hydroxylation is 1. The highest BCUT2D eigenvalue weighted by Gasteiger charge is 2.29. The average molecular weight is 465 g/mol. The molecule has 172 valence electrons. The minimum absolute atomic E-state index is 0.101. The van der Waals surface area contributed by atoms with E-state index in [2.05, 4.69) is 11.4 Å². The fourth-order valence-electron chi connectivity index (χ4n) is 4.21. The number of rotatable bonds is 8. The molecule has 0 fully saturated rings. The number of nitrogens with zero attached hydrogens (tertiary/aromatic N) is 1. The number of hydrogen-bond acceptors (Lipinski definition) is 4. The molecule has 3 aromatic carbocycles. The van der Waals surface area contributed by atoms with Crippen LogP contribution in [0.2, 0.25) is 0 Å². The molecule has 1 amide bonds. The number of carbonyl (C=O) groups is 1. The maximum atomic E-state index is 13.5. The molecule has 0 spiro atoms. The van der Waals surface area contributed by atoms with Crippen molar-refractivity contribution in [3.05, 3.63) is 95.6 Å². The zero-order valence-corrected chi connectivity index (χ0v) is 19.4. The van der Waals surface area contributed by atoms with Crippen molar-refractivity contribution in [3.8, 4) is 5.75 Å². The van der Waals surface area contributed by atoms with E-state index >= 15 is 0 Å². The Morgan fingerprint density at radius 2 is 1.70 bits per heavy atom. The molecule has 7 heteroatoms. The number of nitrogens with one attached hydrogen (secondary N) is 1. The van der Waals surface area contributed by atoms with Crippen LogP contribution in [0.3, 0.4) is 0 Å². The highest BCUT2D eigenvalue weighted by atomic mass is 32.2. The summed E-state index contributed by atoms with van der Waals surface area (Å²) >= 11 is 0. The van der Waals surface area contributed by atoms with Gasteiger partial charge in [-0.05, 0) is 60.2 Å². The van der Waals surface area contributed by atoms with Crippen LogP contribution < -0.4 is 10.1 Å². The van der Waals surface area contributed by atoms with Crippen LogP contribution in [-0.2, 0) is 27.8 Å². The van der Waals surface area contributed by atoms with Crippen LogP contribution in [0.15, 0.2) is 83.8 Å². The van der Waals surface area contributed by atoms with Crippen LogP contribution >= 0.6 is 0 Å². The molecular weight excluding hydrogens is 436 g/mol. The Kier molecular flexibility index (Phi) is 7.11. The fraction of sp³-hybridized carbons (Fsp3) is 0.269. The van der Waals surface area contributed by atoms with Gasteiger partial charge in [0.2, 0.25) is 15.9 Å². The third-order valence-corrected chi connectivity index (χ3v) is 7.73. The van der Waals surface area contributed by atoms with E-state index in [9.17, 15) is 13.2 Å². The molecule has 33 heavy (non-hydrogen) atoms. The molecule has 4 rings (SSSR count). The minimum atomic E-state index is -3.90. The summed E-state index contributed by atoms with van der Waals surface area (Å²) < 4.78 is 33.3. The Labute approximate surface area is 195 Å². The van der Waals surface area contributed by atoms with Crippen molar-refractivity contribution < 1.29 is 17.9 Å². The molecule has 1 N–H and O–H groups in total. The molecule has 0 saturated carbocycles. The van der Waals surface area contributed by atoms with Gasteiger partial charge in [0.15, 0.2) is 0 Å². The van der Waals surface area contributed by atoms with Gasteiger partial charge < -0.3 is 10.1 Å². The number of hydrogen-bond donors (Lipinski definition) is 1. The lowest BCUT2D eigenvalue weighted by Gasteiger charge is -2.28. The Bertz CT molecular complexity index is 1190. The van der Waals surface area contributed by atoms with Gasteiger partial charge in [0.25, 0.3) is 0 Å². The van der Waals surface area contributed by atoms with E-state index in [1.165, 1.54) is 29.1 Å². The summed E-state index contributed by atoms with van der Waals surface area (Å²) in [5, 5.41) is 3.07. The Morgan fingerprint density at radius 1 is 1.00 bits per heavy atom. The standard InChI is InChI=1S/C26H28N2O4S/c1-32-22-14-16-23(17-15-22)33(30,31)28(18-20-8-3-2-4-9-20)19-26(29)27-25-13-7-11-21-10-5-6-12-24(21)25/h2-6,8-10,12,14-17,25H,7,11,13,18-19H2,1H3,(H,27,29)/t25-/m1/s1. The lowest BCUT2D eigenvalue weighted by Crippen LogP contribution is -2.42. The molecule has 0 unspecified atom stereocenters. The normalized spacial score (nSPS) is 15.6. The van der Waals surface area contributed by atoms with Crippen LogP contribution in [0.5, 0.6) is 5.75 Å². The van der Waals surface area contributed by atoms with Gasteiger partial charge in [0.1, 0.15) is 5.75 Å². The Balaban J connectivity index is 1.56. The maximum Gasteiger partial charge on any atom is 0.243 e. The zero-order chi connectivity index (χ0) is 23.3. The van der Waals surface area contributed by atoms with Gasteiger partial charge in [0, 0.05) is 6.54 Å². The number of ether oxygens (including phenoxy) is 1. The van der Waals surface area contributed by atoms with Gasteiger partial charge in [0.05, 0.1) is 24.6 Å². The smallest absolute Gasteiger partial charge is 0.243 e. The van der Waals surface area contributed by atoms with Crippen LogP contribution in [0.1, 0.15) is 35.6 Å². The molecule has 0 aromatic heterocycles. The summed E-state index contributed by atoms with van der Waals surface area (Å²) in [5.41, 5.74) is 3.16. The molecule has 1 atom stereocenters. The second-order valence-corrected chi connectivity index (χ2v) is 10.1. The predicted molar refractivity (Wildman–Crippen MR) is 127 cm³/mol. The van der Waals surface area contributed by atoms with Gasteiger partial charge in [-0.1, -0.05) is 54.6 Å². The first-order chi connectivity index (χ1) is 16.0. The quantitative estimate of drug-likeness (QED) is 0.545. The van der Waals surface area contributed by atoms with Gasteiger partial charge in [-0.2, -0.15) is 4.31 Å². The van der Waals surface area contributed by atoms with Crippen molar-refractivity contribution in [2.45, 2.75) is 36.7 Å². The van der Waals surface area contributed by atoms with E-state index in [0.29, 0.717) is 5.75 Å². The largest absolute Gasteiger partial charge is 0.497 e. The number of carbonyl (C=O) groups excluding carboxylic acids is 1. The molecule has 1 aliphatic rings. The van der Waals surface area contributed by atoms with E-state index in [4.69, 9.17) is 4.74 Å². The summed E-state index contributed by atoms with van der Waals surface area (Å²) in [6.45, 7) is -0.161. The molecule has 0 aliphatic heterocycles. The third kappa shape index (κ3) is 5.43. The van der Waals surface area contributed by atoms with Crippen LogP contribution in [0.4, 0.5) is 0 Å². The first kappa shape index (κ1) is 23.0. The Morgan fingerprint density at radius 3 is 2.42 bits per heavy atom. The zero-order valence-electron chi connectivity index (χ0n) is 18.6. The number of benzene rings is 3. The van der Waals surface area contributed by atoms with Crippen molar-refractivity contribution in [2.24, 2.45) is 0 Å². The van der Waals surface area contributed by atoms with Crippen LogP contribution in [-0.4, -0.2) is 32.3 Å². The summed E-state index contributed by atoms with van der Waals surface area (Å²) in [6.07, 6.45) is 2.82. The number of fused-ring (bicyclic) bond motifs is 1. The third-order valence-electron chi connectivity index (χ3n) is 5.92. The number of amides is 1. The number of sulfonamides is 1. The second kappa shape index (κ2) is 10.2. The molecule has 6 nitrogen and oxygen atoms in total. The molecule has 0 radical (unpaired) electrons. The van der Waals surface area contributed by atoms with Crippen molar-refractivity contribution in [1.29, 1.82) is 0 Å². The topological polar surface area (TPSA) is 75.7 Å². The highest BCUT2D eigenvalue weighted by molar-refractivity contribution is 7.89. The van der Waals surface area contributed by atoms with Crippen molar-refractivity contribution >= 4 is 15.9 Å². The lowest BCUT2D eigenvalue weighted by atomic mass is 9.88. The minimum Gasteiger partial charge on any atom is -0.497 e. The molecule has 0 saturated heterocycles. The first-order valence-corrected chi connectivity index (χ1v) is 12.5. The number of methoxy groups -OCH3 is 1. The summed E-state index contributed by atoms with van der Waals surface area (Å²) in [5.74, 6) is 0.252. The van der Waals surface area contributed by atoms with Crippen LogP contribution in [0.25, 0.3) is 0 Å². The van der Waals surface area contributed by atoms with E-state index in [-0.39, 0.29) is 29.9 Å². The molecule has 1 aliphatic carbocycles. The highest BCUT2D eigenvalue weighted by Crippen LogP contribution is 2.29. The molecule has 0 heterocycles. The predicted octanol–water partition coefficient (Wildman–Crippen LogP) is 4.08. The van der Waals surface area contributed by atoms with Gasteiger partial charge >= 0.3 is 0 Å². The molecular formula is C26H28N2O4S. The summed E-state index contributed by atoms with van der Waals surface area (Å²) in [6, 6.07) is 23.5. The van der Waals surface area contributed by atoms with E-state index in [1.807, 2.05) is 48.5 Å². The summed E-state index contributed by atoms with van der Waals surface area (Å²) in [4.78, 5) is 13.2. The average Bonchev–Trinajstić information content (AvgIpc) is 2.84. The lowest BCUT2D eigenvalue weighted by molar-refractivity contribution is -0.122. The van der Waals surface area contributed by atoms with Gasteiger partial charge in [-0.25, -0.2) is 8.42 Å². The maximum absolute atomic E-state index is 13.5. The molecule has 3 aromatic rings. The first-order valence-electron chi connectivity index (χ1n) is 11.0. The summed E-state index contributed by atoms with van der Waals surface area (Å²) in [7, 11) is -2.38. The van der Waals surface area contributed by atoms with E-state index < -0.39 is 10.0 Å².